The summed E-state index contributed by atoms with van der Waals surface area (Å²) in [5.41, 5.74) is 1.58. The van der Waals surface area contributed by atoms with Crippen LogP contribution in [0.4, 0.5) is 10.5 Å². The van der Waals surface area contributed by atoms with Gasteiger partial charge in [0.1, 0.15) is 11.5 Å². The highest BCUT2D eigenvalue weighted by molar-refractivity contribution is 6.30. The van der Waals surface area contributed by atoms with E-state index in [1.165, 1.54) is 0 Å². The van der Waals surface area contributed by atoms with Crippen molar-refractivity contribution in [1.82, 2.24) is 10.1 Å². The topological polar surface area (TPSA) is 58.4 Å². The molecule has 2 aromatic rings. The number of likely N-dealkylation sites (tertiary alicyclic amines) is 1. The summed E-state index contributed by atoms with van der Waals surface area (Å²) in [7, 11) is 0. The van der Waals surface area contributed by atoms with Gasteiger partial charge in [-0.05, 0) is 43.5 Å². The first-order valence-corrected chi connectivity index (χ1v) is 8.34. The lowest BCUT2D eigenvalue weighted by Gasteiger charge is -2.23. The largest absolute Gasteiger partial charge is 0.361 e. The van der Waals surface area contributed by atoms with E-state index in [0.717, 1.165) is 49.4 Å². The molecular weight excluding hydrogens is 314 g/mol. The van der Waals surface area contributed by atoms with Crippen molar-refractivity contribution in [2.75, 3.05) is 11.9 Å². The van der Waals surface area contributed by atoms with E-state index in [0.29, 0.717) is 5.02 Å². The monoisotopic (exact) mass is 333 g/mol. The SMILES string of the molecule is CCCc1cc([C@@H]2CCCN2C(=O)Nc2ccc(Cl)cc2)no1. The smallest absolute Gasteiger partial charge is 0.322 e. The van der Waals surface area contributed by atoms with Gasteiger partial charge < -0.3 is 14.7 Å². The number of anilines is 1. The normalized spacial score (nSPS) is 17.5. The molecule has 23 heavy (non-hydrogen) atoms. The maximum Gasteiger partial charge on any atom is 0.322 e. The molecule has 1 atom stereocenters. The second-order valence-corrected chi connectivity index (χ2v) is 6.19. The Balaban J connectivity index is 1.70. The van der Waals surface area contributed by atoms with Gasteiger partial charge in [-0.3, -0.25) is 0 Å². The molecule has 1 fully saturated rings. The molecule has 3 rings (SSSR count). The van der Waals surface area contributed by atoms with Crippen LogP contribution >= 0.6 is 11.6 Å². The van der Waals surface area contributed by atoms with Crippen LogP contribution in [0.5, 0.6) is 0 Å². The summed E-state index contributed by atoms with van der Waals surface area (Å²) in [6, 6.07) is 8.94. The predicted octanol–water partition coefficient (Wildman–Crippen LogP) is 4.65. The first kappa shape index (κ1) is 15.9. The highest BCUT2D eigenvalue weighted by Gasteiger charge is 2.32. The van der Waals surface area contributed by atoms with Gasteiger partial charge in [0, 0.05) is 29.7 Å². The Morgan fingerprint density at radius 3 is 2.96 bits per heavy atom. The molecule has 0 bridgehead atoms. The molecular formula is C17H20ClN3O2. The number of rotatable bonds is 4. The number of nitrogens with zero attached hydrogens (tertiary/aromatic N) is 2. The zero-order chi connectivity index (χ0) is 16.2. The van der Waals surface area contributed by atoms with Crippen LogP contribution in [0.3, 0.4) is 0 Å². The minimum absolute atomic E-state index is 0.0170. The summed E-state index contributed by atoms with van der Waals surface area (Å²) in [6.07, 6.45) is 3.76. The van der Waals surface area contributed by atoms with Crippen molar-refractivity contribution < 1.29 is 9.32 Å². The molecule has 0 aliphatic carbocycles. The summed E-state index contributed by atoms with van der Waals surface area (Å²) in [5.74, 6) is 0.882. The molecule has 5 nitrogen and oxygen atoms in total. The average Bonchev–Trinajstić information content (AvgIpc) is 3.18. The quantitative estimate of drug-likeness (QED) is 0.886. The summed E-state index contributed by atoms with van der Waals surface area (Å²) in [6.45, 7) is 2.82. The van der Waals surface area contributed by atoms with E-state index in [1.54, 1.807) is 24.3 Å². The standard InChI is InChI=1S/C17H20ClN3O2/c1-2-4-14-11-15(20-23-14)16-5-3-10-21(16)17(22)19-13-8-6-12(18)7-9-13/h6-9,11,16H,2-5,10H2,1H3,(H,19,22)/t16-/m0/s1. The Morgan fingerprint density at radius 1 is 1.43 bits per heavy atom. The molecule has 0 radical (unpaired) electrons. The van der Waals surface area contributed by atoms with Gasteiger partial charge in [-0.15, -0.1) is 0 Å². The Labute approximate surface area is 140 Å². The number of aromatic nitrogens is 1. The third-order valence-corrected chi connectivity index (χ3v) is 4.28. The number of carbonyl (C=O) groups is 1. The van der Waals surface area contributed by atoms with E-state index in [1.807, 2.05) is 11.0 Å². The second kappa shape index (κ2) is 7.04. The Bertz CT molecular complexity index is 669. The van der Waals surface area contributed by atoms with Crippen molar-refractivity contribution in [1.29, 1.82) is 0 Å². The predicted molar refractivity (Wildman–Crippen MR) is 89.6 cm³/mol. The number of urea groups is 1. The van der Waals surface area contributed by atoms with Crippen molar-refractivity contribution in [2.45, 2.75) is 38.6 Å². The number of halogens is 1. The Kier molecular flexibility index (Phi) is 4.86. The molecule has 1 N–H and O–H groups in total. The van der Waals surface area contributed by atoms with Gasteiger partial charge in [0.15, 0.2) is 0 Å². The van der Waals surface area contributed by atoms with Crippen LogP contribution in [0, 0.1) is 0 Å². The first-order chi connectivity index (χ1) is 11.2. The number of aryl methyl sites for hydroxylation is 1. The first-order valence-electron chi connectivity index (χ1n) is 7.96. The van der Waals surface area contributed by atoms with Gasteiger partial charge in [0.2, 0.25) is 0 Å². The second-order valence-electron chi connectivity index (χ2n) is 5.76. The molecule has 1 aliphatic heterocycles. The molecule has 1 aliphatic rings. The van der Waals surface area contributed by atoms with Crippen molar-refractivity contribution >= 4 is 23.3 Å². The highest BCUT2D eigenvalue weighted by Crippen LogP contribution is 2.32. The van der Waals surface area contributed by atoms with Crippen LogP contribution in [-0.2, 0) is 6.42 Å². The molecule has 1 aromatic heterocycles. The lowest BCUT2D eigenvalue weighted by molar-refractivity contribution is 0.204. The number of benzene rings is 1. The lowest BCUT2D eigenvalue weighted by Crippen LogP contribution is -2.34. The third-order valence-electron chi connectivity index (χ3n) is 4.02. The minimum Gasteiger partial charge on any atom is -0.361 e. The molecule has 6 heteroatoms. The molecule has 122 valence electrons. The fourth-order valence-corrected chi connectivity index (χ4v) is 3.02. The van der Waals surface area contributed by atoms with Crippen LogP contribution in [0.1, 0.15) is 43.7 Å². The van der Waals surface area contributed by atoms with E-state index in [-0.39, 0.29) is 12.1 Å². The van der Waals surface area contributed by atoms with E-state index >= 15 is 0 Å². The van der Waals surface area contributed by atoms with E-state index < -0.39 is 0 Å². The lowest BCUT2D eigenvalue weighted by atomic mass is 10.1. The van der Waals surface area contributed by atoms with Gasteiger partial charge in [-0.2, -0.15) is 0 Å². The van der Waals surface area contributed by atoms with Gasteiger partial charge in [-0.25, -0.2) is 4.79 Å². The van der Waals surface area contributed by atoms with Crippen LogP contribution in [0.15, 0.2) is 34.9 Å². The zero-order valence-electron chi connectivity index (χ0n) is 13.1. The average molecular weight is 334 g/mol. The summed E-state index contributed by atoms with van der Waals surface area (Å²) in [5, 5.41) is 7.71. The Morgan fingerprint density at radius 2 is 2.22 bits per heavy atom. The maximum absolute atomic E-state index is 12.5. The van der Waals surface area contributed by atoms with Crippen molar-refractivity contribution in [3.05, 3.63) is 46.8 Å². The third kappa shape index (κ3) is 3.67. The minimum atomic E-state index is -0.116. The highest BCUT2D eigenvalue weighted by atomic mass is 35.5. The van der Waals surface area contributed by atoms with Crippen LogP contribution < -0.4 is 5.32 Å². The maximum atomic E-state index is 12.5. The number of nitrogens with one attached hydrogen (secondary N) is 1. The van der Waals surface area contributed by atoms with Crippen molar-refractivity contribution in [3.8, 4) is 0 Å². The van der Waals surface area contributed by atoms with E-state index in [2.05, 4.69) is 17.4 Å². The molecule has 0 unspecified atom stereocenters. The molecule has 0 saturated carbocycles. The molecule has 2 heterocycles. The summed E-state index contributed by atoms with van der Waals surface area (Å²) < 4.78 is 5.35. The summed E-state index contributed by atoms with van der Waals surface area (Å²) in [4.78, 5) is 14.4. The molecule has 2 amide bonds. The van der Waals surface area contributed by atoms with E-state index in [4.69, 9.17) is 16.1 Å². The summed E-state index contributed by atoms with van der Waals surface area (Å²) >= 11 is 5.86. The van der Waals surface area contributed by atoms with Crippen molar-refractivity contribution in [3.63, 3.8) is 0 Å². The van der Waals surface area contributed by atoms with Gasteiger partial charge in [0.05, 0.1) is 6.04 Å². The fraction of sp³-hybridized carbons (Fsp3) is 0.412. The fourth-order valence-electron chi connectivity index (χ4n) is 2.90. The Hall–Kier alpha value is -2.01. The number of carbonyl (C=O) groups excluding carboxylic acids is 1. The van der Waals surface area contributed by atoms with Crippen LogP contribution in [-0.4, -0.2) is 22.6 Å². The van der Waals surface area contributed by atoms with Gasteiger partial charge in [0.25, 0.3) is 0 Å². The van der Waals surface area contributed by atoms with Gasteiger partial charge >= 0.3 is 6.03 Å². The zero-order valence-corrected chi connectivity index (χ0v) is 13.8. The van der Waals surface area contributed by atoms with Crippen LogP contribution in [0.2, 0.25) is 5.02 Å². The molecule has 1 aromatic carbocycles. The van der Waals surface area contributed by atoms with E-state index in [9.17, 15) is 4.79 Å². The van der Waals surface area contributed by atoms with Crippen molar-refractivity contribution in [2.24, 2.45) is 0 Å². The molecule has 1 saturated heterocycles. The number of hydrogen-bond donors (Lipinski definition) is 1. The molecule has 0 spiro atoms. The van der Waals surface area contributed by atoms with Crippen LogP contribution in [0.25, 0.3) is 0 Å². The number of hydrogen-bond acceptors (Lipinski definition) is 3. The number of amides is 2. The van der Waals surface area contributed by atoms with Gasteiger partial charge in [-0.1, -0.05) is 23.7 Å².